The SMILES string of the molecule is Cc1ccc(C(=O)N[C@@H](C(=O)N2CCN(S(C)(=O)=O)CC2)C(C)C)cc1. The summed E-state index contributed by atoms with van der Waals surface area (Å²) in [6.07, 6.45) is 1.17. The lowest BCUT2D eigenvalue weighted by atomic mass is 10.0. The first-order valence-corrected chi connectivity index (χ1v) is 10.6. The second-order valence-electron chi connectivity index (χ2n) is 7.05. The molecule has 26 heavy (non-hydrogen) atoms. The molecule has 1 atom stereocenters. The maximum atomic E-state index is 12.9. The van der Waals surface area contributed by atoms with Gasteiger partial charge >= 0.3 is 0 Å². The molecule has 0 aromatic heterocycles. The summed E-state index contributed by atoms with van der Waals surface area (Å²) < 4.78 is 24.6. The van der Waals surface area contributed by atoms with Gasteiger partial charge in [0.05, 0.1) is 6.26 Å². The third kappa shape index (κ3) is 5.04. The zero-order valence-corrected chi connectivity index (χ0v) is 16.5. The fourth-order valence-corrected chi connectivity index (χ4v) is 3.71. The van der Waals surface area contributed by atoms with E-state index in [9.17, 15) is 18.0 Å². The molecule has 2 amide bonds. The molecule has 0 spiro atoms. The summed E-state index contributed by atoms with van der Waals surface area (Å²) in [4.78, 5) is 27.0. The quantitative estimate of drug-likeness (QED) is 0.819. The Morgan fingerprint density at radius 3 is 2.04 bits per heavy atom. The van der Waals surface area contributed by atoms with Crippen molar-refractivity contribution in [2.75, 3.05) is 32.4 Å². The Morgan fingerprint density at radius 1 is 1.04 bits per heavy atom. The second kappa shape index (κ2) is 8.18. The maximum absolute atomic E-state index is 12.9. The van der Waals surface area contributed by atoms with Crippen LogP contribution in [0.15, 0.2) is 24.3 Å². The maximum Gasteiger partial charge on any atom is 0.251 e. The van der Waals surface area contributed by atoms with E-state index in [2.05, 4.69) is 5.32 Å². The highest BCUT2D eigenvalue weighted by atomic mass is 32.2. The Kier molecular flexibility index (Phi) is 6.41. The first kappa shape index (κ1) is 20.4. The van der Waals surface area contributed by atoms with E-state index in [-0.39, 0.29) is 30.8 Å². The number of hydrogen-bond acceptors (Lipinski definition) is 4. The van der Waals surface area contributed by atoms with Crippen molar-refractivity contribution in [1.29, 1.82) is 0 Å². The van der Waals surface area contributed by atoms with Crippen LogP contribution in [0.25, 0.3) is 0 Å². The number of piperazine rings is 1. The van der Waals surface area contributed by atoms with Gasteiger partial charge in [-0.1, -0.05) is 31.5 Å². The predicted octanol–water partition coefficient (Wildman–Crippen LogP) is 0.853. The zero-order valence-electron chi connectivity index (χ0n) is 15.7. The number of carbonyl (C=O) groups excluding carboxylic acids is 2. The topological polar surface area (TPSA) is 86.8 Å². The molecule has 8 heteroatoms. The van der Waals surface area contributed by atoms with Gasteiger partial charge in [0.1, 0.15) is 6.04 Å². The summed E-state index contributed by atoms with van der Waals surface area (Å²) in [5.41, 5.74) is 1.57. The molecule has 0 unspecified atom stereocenters. The molecule has 1 fully saturated rings. The number of nitrogens with one attached hydrogen (secondary N) is 1. The summed E-state index contributed by atoms with van der Waals surface area (Å²) >= 11 is 0. The standard InChI is InChI=1S/C18H27N3O4S/c1-13(2)16(19-17(22)15-7-5-14(3)6-8-15)18(23)20-9-11-21(12-10-20)26(4,24)25/h5-8,13,16H,9-12H2,1-4H3,(H,19,22)/t16-/m1/s1. The third-order valence-electron chi connectivity index (χ3n) is 4.55. The van der Waals surface area contributed by atoms with Crippen molar-refractivity contribution in [3.05, 3.63) is 35.4 Å². The van der Waals surface area contributed by atoms with Crippen LogP contribution in [0.1, 0.15) is 29.8 Å². The first-order chi connectivity index (χ1) is 12.1. The predicted molar refractivity (Wildman–Crippen MR) is 100 cm³/mol. The molecule has 1 aromatic carbocycles. The Bertz CT molecular complexity index is 751. The van der Waals surface area contributed by atoms with E-state index in [1.807, 2.05) is 32.9 Å². The largest absolute Gasteiger partial charge is 0.340 e. The smallest absolute Gasteiger partial charge is 0.251 e. The lowest BCUT2D eigenvalue weighted by Gasteiger charge is -2.36. The molecule has 1 heterocycles. The van der Waals surface area contributed by atoms with E-state index in [0.717, 1.165) is 5.56 Å². The van der Waals surface area contributed by atoms with Gasteiger partial charge in [-0.15, -0.1) is 0 Å². The lowest BCUT2D eigenvalue weighted by molar-refractivity contribution is -0.135. The monoisotopic (exact) mass is 381 g/mol. The molecule has 1 aliphatic heterocycles. The van der Waals surface area contributed by atoms with Crippen molar-refractivity contribution in [3.8, 4) is 0 Å². The molecule has 1 N–H and O–H groups in total. The molecule has 1 aliphatic rings. The van der Waals surface area contributed by atoms with Crippen LogP contribution >= 0.6 is 0 Å². The molecule has 1 aromatic rings. The molecule has 0 bridgehead atoms. The van der Waals surface area contributed by atoms with Gasteiger partial charge in [-0.2, -0.15) is 4.31 Å². The number of benzene rings is 1. The van der Waals surface area contributed by atoms with E-state index in [1.54, 1.807) is 17.0 Å². The van der Waals surface area contributed by atoms with Gasteiger partial charge in [-0.05, 0) is 25.0 Å². The number of rotatable bonds is 5. The number of sulfonamides is 1. The summed E-state index contributed by atoms with van der Waals surface area (Å²) in [6, 6.07) is 6.53. The molecule has 0 aliphatic carbocycles. The van der Waals surface area contributed by atoms with Crippen LogP contribution in [0.2, 0.25) is 0 Å². The van der Waals surface area contributed by atoms with Crippen LogP contribution in [0.3, 0.4) is 0 Å². The van der Waals surface area contributed by atoms with Crippen molar-refractivity contribution in [2.24, 2.45) is 5.92 Å². The second-order valence-corrected chi connectivity index (χ2v) is 9.03. The van der Waals surface area contributed by atoms with E-state index >= 15 is 0 Å². The van der Waals surface area contributed by atoms with Crippen LogP contribution < -0.4 is 5.32 Å². The van der Waals surface area contributed by atoms with Gasteiger partial charge in [0, 0.05) is 31.7 Å². The van der Waals surface area contributed by atoms with E-state index in [1.165, 1.54) is 10.6 Å². The minimum Gasteiger partial charge on any atom is -0.340 e. The number of hydrogen-bond donors (Lipinski definition) is 1. The molecule has 144 valence electrons. The highest BCUT2D eigenvalue weighted by Gasteiger charge is 2.32. The molecular formula is C18H27N3O4S. The van der Waals surface area contributed by atoms with Crippen LogP contribution in [0.5, 0.6) is 0 Å². The Balaban J connectivity index is 2.04. The molecule has 7 nitrogen and oxygen atoms in total. The van der Waals surface area contributed by atoms with Gasteiger partial charge in [0.2, 0.25) is 15.9 Å². The molecule has 1 saturated heterocycles. The zero-order chi connectivity index (χ0) is 19.5. The van der Waals surface area contributed by atoms with Crippen LogP contribution in [0.4, 0.5) is 0 Å². The van der Waals surface area contributed by atoms with Gasteiger partial charge in [0.15, 0.2) is 0 Å². The highest BCUT2D eigenvalue weighted by Crippen LogP contribution is 2.12. The molecule has 0 saturated carbocycles. The van der Waals surface area contributed by atoms with Crippen molar-refractivity contribution in [2.45, 2.75) is 26.8 Å². The summed E-state index contributed by atoms with van der Waals surface area (Å²) in [5, 5.41) is 2.83. The normalized spacial score (nSPS) is 17.2. The van der Waals surface area contributed by atoms with Crippen LogP contribution in [-0.2, 0) is 14.8 Å². The Labute approximate surface area is 155 Å². The van der Waals surface area contributed by atoms with Gasteiger partial charge < -0.3 is 10.2 Å². The number of amides is 2. The van der Waals surface area contributed by atoms with Crippen molar-refractivity contribution in [1.82, 2.24) is 14.5 Å². The van der Waals surface area contributed by atoms with E-state index in [0.29, 0.717) is 18.7 Å². The molecule has 0 radical (unpaired) electrons. The van der Waals surface area contributed by atoms with Crippen LogP contribution in [-0.4, -0.2) is 67.9 Å². The fraction of sp³-hybridized carbons (Fsp3) is 0.556. The number of nitrogens with zero attached hydrogens (tertiary/aromatic N) is 2. The van der Waals surface area contributed by atoms with Gasteiger partial charge in [-0.25, -0.2) is 8.42 Å². The van der Waals surface area contributed by atoms with E-state index < -0.39 is 16.1 Å². The van der Waals surface area contributed by atoms with Gasteiger partial charge in [-0.3, -0.25) is 9.59 Å². The van der Waals surface area contributed by atoms with Crippen LogP contribution in [0, 0.1) is 12.8 Å². The molecule has 2 rings (SSSR count). The van der Waals surface area contributed by atoms with Crippen molar-refractivity contribution < 1.29 is 18.0 Å². The van der Waals surface area contributed by atoms with Crippen molar-refractivity contribution in [3.63, 3.8) is 0 Å². The minimum atomic E-state index is -3.24. The minimum absolute atomic E-state index is 0.0789. The average molecular weight is 381 g/mol. The summed E-state index contributed by atoms with van der Waals surface area (Å²) in [6.45, 7) is 6.92. The average Bonchev–Trinajstić information content (AvgIpc) is 2.58. The summed E-state index contributed by atoms with van der Waals surface area (Å²) in [5.74, 6) is -0.537. The molecular weight excluding hydrogens is 354 g/mol. The number of carbonyl (C=O) groups is 2. The fourth-order valence-electron chi connectivity index (χ4n) is 2.88. The van der Waals surface area contributed by atoms with Gasteiger partial charge in [0.25, 0.3) is 5.91 Å². The lowest BCUT2D eigenvalue weighted by Crippen LogP contribution is -2.57. The van der Waals surface area contributed by atoms with E-state index in [4.69, 9.17) is 0 Å². The first-order valence-electron chi connectivity index (χ1n) is 8.71. The highest BCUT2D eigenvalue weighted by molar-refractivity contribution is 7.88. The summed E-state index contributed by atoms with van der Waals surface area (Å²) in [7, 11) is -3.24. The number of aryl methyl sites for hydroxylation is 1. The Morgan fingerprint density at radius 2 is 1.58 bits per heavy atom. The van der Waals surface area contributed by atoms with Crippen molar-refractivity contribution >= 4 is 21.8 Å². The Hall–Kier alpha value is -1.93. The third-order valence-corrected chi connectivity index (χ3v) is 5.86.